The Kier molecular flexibility index (Phi) is 4.92. The lowest BCUT2D eigenvalue weighted by Gasteiger charge is -2.05. The zero-order valence-corrected chi connectivity index (χ0v) is 16.8. The summed E-state index contributed by atoms with van der Waals surface area (Å²) in [5.74, 6) is 6.43. The first kappa shape index (κ1) is 18.7. The smallest absolute Gasteiger partial charge is 0.195 e. The van der Waals surface area contributed by atoms with Gasteiger partial charge in [-0.25, -0.2) is 0 Å². The van der Waals surface area contributed by atoms with Crippen LogP contribution >= 0.6 is 0 Å². The minimum atomic E-state index is -0.00104. The Hall–Kier alpha value is -4.35. The molecule has 0 unspecified atom stereocenters. The van der Waals surface area contributed by atoms with Crippen molar-refractivity contribution in [1.82, 2.24) is 4.98 Å². The van der Waals surface area contributed by atoms with Crippen molar-refractivity contribution in [3.05, 3.63) is 131 Å². The molecule has 0 fully saturated rings. The number of aromatic nitrogens is 1. The van der Waals surface area contributed by atoms with Gasteiger partial charge in [0.05, 0.1) is 11.3 Å². The zero-order chi connectivity index (χ0) is 21.0. The van der Waals surface area contributed by atoms with Crippen LogP contribution in [-0.4, -0.2) is 10.8 Å². The molecule has 146 valence electrons. The monoisotopic (exact) mass is 397 g/mol. The maximum absolute atomic E-state index is 13.6. The number of fused-ring (bicyclic) bond motifs is 1. The summed E-state index contributed by atoms with van der Waals surface area (Å²) in [6.07, 6.45) is 0. The van der Waals surface area contributed by atoms with Crippen LogP contribution in [0.3, 0.4) is 0 Å². The highest BCUT2D eigenvalue weighted by Gasteiger charge is 2.21. The van der Waals surface area contributed by atoms with Gasteiger partial charge >= 0.3 is 0 Å². The molecule has 0 atom stereocenters. The zero-order valence-electron chi connectivity index (χ0n) is 16.8. The maximum Gasteiger partial charge on any atom is 0.195 e. The molecule has 0 saturated carbocycles. The van der Waals surface area contributed by atoms with Crippen molar-refractivity contribution in [2.75, 3.05) is 0 Å². The number of aromatic amines is 1. The van der Waals surface area contributed by atoms with E-state index in [0.29, 0.717) is 11.1 Å². The first-order valence-corrected chi connectivity index (χ1v) is 10.2. The van der Waals surface area contributed by atoms with Crippen LogP contribution in [0.4, 0.5) is 0 Å². The Morgan fingerprint density at radius 2 is 1.26 bits per heavy atom. The van der Waals surface area contributed by atoms with Gasteiger partial charge in [-0.2, -0.15) is 0 Å². The highest BCUT2D eigenvalue weighted by atomic mass is 16.1. The topological polar surface area (TPSA) is 32.9 Å². The van der Waals surface area contributed by atoms with Gasteiger partial charge in [-0.1, -0.05) is 90.7 Å². The van der Waals surface area contributed by atoms with Crippen molar-refractivity contribution >= 4 is 16.7 Å². The van der Waals surface area contributed by atoms with Crippen molar-refractivity contribution in [1.29, 1.82) is 0 Å². The highest BCUT2D eigenvalue weighted by Crippen LogP contribution is 2.32. The Morgan fingerprint density at radius 1 is 0.645 bits per heavy atom. The number of carbonyl (C=O) groups is 1. The van der Waals surface area contributed by atoms with E-state index in [4.69, 9.17) is 0 Å². The van der Waals surface area contributed by atoms with Crippen molar-refractivity contribution < 1.29 is 4.79 Å². The van der Waals surface area contributed by atoms with Crippen LogP contribution in [0.2, 0.25) is 0 Å². The molecule has 0 saturated heterocycles. The fourth-order valence-corrected chi connectivity index (χ4v) is 3.73. The highest BCUT2D eigenvalue weighted by molar-refractivity contribution is 6.20. The van der Waals surface area contributed by atoms with E-state index in [1.807, 2.05) is 109 Å². The number of rotatable bonds is 3. The molecule has 0 bridgehead atoms. The van der Waals surface area contributed by atoms with Crippen molar-refractivity contribution in [3.63, 3.8) is 0 Å². The van der Waals surface area contributed by atoms with Crippen molar-refractivity contribution in [2.24, 2.45) is 0 Å². The molecule has 0 radical (unpaired) electrons. The summed E-state index contributed by atoms with van der Waals surface area (Å²) in [5, 5.41) is 0.882. The average molecular weight is 397 g/mol. The lowest BCUT2D eigenvalue weighted by molar-refractivity contribution is 0.104. The molecule has 1 heterocycles. The third-order valence-corrected chi connectivity index (χ3v) is 5.25. The SMILES string of the molecule is O=C(c1ccccc1)c1c(-c2ccccc2)[nH]c2ccc(C#Cc3ccccc3)cc12. The van der Waals surface area contributed by atoms with E-state index in [2.05, 4.69) is 16.8 Å². The summed E-state index contributed by atoms with van der Waals surface area (Å²) in [7, 11) is 0. The van der Waals surface area contributed by atoms with Crippen molar-refractivity contribution in [2.45, 2.75) is 0 Å². The van der Waals surface area contributed by atoms with E-state index in [0.717, 1.165) is 33.3 Å². The summed E-state index contributed by atoms with van der Waals surface area (Å²) in [6, 6.07) is 35.3. The number of benzene rings is 4. The van der Waals surface area contributed by atoms with Gasteiger partial charge in [-0.3, -0.25) is 4.79 Å². The number of carbonyl (C=O) groups excluding carboxylic acids is 1. The largest absolute Gasteiger partial charge is 0.354 e. The molecule has 2 heteroatoms. The molecule has 1 N–H and O–H groups in total. The minimum Gasteiger partial charge on any atom is -0.354 e. The summed E-state index contributed by atoms with van der Waals surface area (Å²) < 4.78 is 0. The molecule has 0 aliphatic rings. The normalized spacial score (nSPS) is 10.5. The summed E-state index contributed by atoms with van der Waals surface area (Å²) in [6.45, 7) is 0. The molecule has 0 aliphatic carbocycles. The van der Waals surface area contributed by atoms with Crippen LogP contribution in [-0.2, 0) is 0 Å². The number of ketones is 1. The number of hydrogen-bond donors (Lipinski definition) is 1. The predicted molar refractivity (Wildman–Crippen MR) is 126 cm³/mol. The second-order valence-corrected chi connectivity index (χ2v) is 7.31. The Morgan fingerprint density at radius 3 is 1.97 bits per heavy atom. The van der Waals surface area contributed by atoms with Crippen LogP contribution < -0.4 is 0 Å². The van der Waals surface area contributed by atoms with Gasteiger partial charge in [0.2, 0.25) is 0 Å². The van der Waals surface area contributed by atoms with Gasteiger partial charge < -0.3 is 4.98 Å². The van der Waals surface area contributed by atoms with E-state index in [1.54, 1.807) is 0 Å². The first-order chi connectivity index (χ1) is 15.3. The van der Waals surface area contributed by atoms with Crippen LogP contribution in [0, 0.1) is 11.8 Å². The van der Waals surface area contributed by atoms with Crippen LogP contribution in [0.1, 0.15) is 27.0 Å². The van der Waals surface area contributed by atoms with Gasteiger partial charge in [-0.05, 0) is 35.9 Å². The quantitative estimate of drug-likeness (QED) is 0.275. The van der Waals surface area contributed by atoms with E-state index < -0.39 is 0 Å². The first-order valence-electron chi connectivity index (χ1n) is 10.2. The molecule has 1 aromatic heterocycles. The Bertz CT molecular complexity index is 1420. The van der Waals surface area contributed by atoms with Crippen LogP contribution in [0.25, 0.3) is 22.2 Å². The Balaban J connectivity index is 1.69. The minimum absolute atomic E-state index is 0.00104. The molecule has 4 aromatic carbocycles. The van der Waals surface area contributed by atoms with Gasteiger partial charge in [0.1, 0.15) is 0 Å². The number of H-pyrrole nitrogens is 1. The lowest BCUT2D eigenvalue weighted by atomic mass is 9.96. The molecule has 0 aliphatic heterocycles. The predicted octanol–water partition coefficient (Wildman–Crippen LogP) is 6.47. The molecular weight excluding hydrogens is 378 g/mol. The van der Waals surface area contributed by atoms with E-state index in [9.17, 15) is 4.79 Å². The van der Waals surface area contributed by atoms with Gasteiger partial charge in [0, 0.05) is 27.6 Å². The third-order valence-electron chi connectivity index (χ3n) is 5.25. The molecule has 2 nitrogen and oxygen atoms in total. The molecule has 31 heavy (non-hydrogen) atoms. The summed E-state index contributed by atoms with van der Waals surface area (Å²) >= 11 is 0. The average Bonchev–Trinajstić information content (AvgIpc) is 3.23. The van der Waals surface area contributed by atoms with E-state index >= 15 is 0 Å². The van der Waals surface area contributed by atoms with Crippen LogP contribution in [0.15, 0.2) is 109 Å². The number of nitrogens with one attached hydrogen (secondary N) is 1. The maximum atomic E-state index is 13.6. The standard InChI is InChI=1S/C29H19NO/c31-29(24-14-8-3-9-15-24)27-25-20-22(17-16-21-10-4-1-5-11-21)18-19-26(25)30-28(27)23-12-6-2-7-13-23/h1-15,18-20,30H. The molecular formula is C29H19NO. The van der Waals surface area contributed by atoms with Crippen molar-refractivity contribution in [3.8, 4) is 23.1 Å². The second kappa shape index (κ2) is 8.18. The third kappa shape index (κ3) is 3.77. The van der Waals surface area contributed by atoms with Gasteiger partial charge in [-0.15, -0.1) is 0 Å². The van der Waals surface area contributed by atoms with E-state index in [1.165, 1.54) is 0 Å². The summed E-state index contributed by atoms with van der Waals surface area (Å²) in [5.41, 5.74) is 5.91. The molecule has 0 amide bonds. The fraction of sp³-hybridized carbons (Fsp3) is 0. The van der Waals surface area contributed by atoms with Crippen LogP contribution in [0.5, 0.6) is 0 Å². The van der Waals surface area contributed by atoms with E-state index in [-0.39, 0.29) is 5.78 Å². The molecule has 5 aromatic rings. The Labute approximate surface area is 181 Å². The lowest BCUT2D eigenvalue weighted by Crippen LogP contribution is -2.02. The molecule has 5 rings (SSSR count). The second-order valence-electron chi connectivity index (χ2n) is 7.31. The summed E-state index contributed by atoms with van der Waals surface area (Å²) in [4.78, 5) is 17.0. The van der Waals surface area contributed by atoms with Gasteiger partial charge in [0.25, 0.3) is 0 Å². The van der Waals surface area contributed by atoms with Gasteiger partial charge in [0.15, 0.2) is 5.78 Å². The number of hydrogen-bond acceptors (Lipinski definition) is 1. The molecule has 0 spiro atoms. The fourth-order valence-electron chi connectivity index (χ4n) is 3.73.